The number of nitrogens with zero attached hydrogens (tertiary/aromatic N) is 1. The Hall–Kier alpha value is -0.900. The molecule has 0 aromatic heterocycles. The van der Waals surface area contributed by atoms with E-state index in [1.54, 1.807) is 0 Å². The van der Waals surface area contributed by atoms with Gasteiger partial charge < -0.3 is 5.73 Å². The van der Waals surface area contributed by atoms with Crippen LogP contribution in [0.5, 0.6) is 0 Å². The van der Waals surface area contributed by atoms with Gasteiger partial charge in [-0.3, -0.25) is 4.84 Å². The third-order valence-corrected chi connectivity index (χ3v) is 2.73. The van der Waals surface area contributed by atoms with Crippen LogP contribution in [0.25, 0.3) is 0 Å². The highest BCUT2D eigenvalue weighted by Gasteiger charge is 2.27. The minimum Gasteiger partial charge on any atom is -0.326 e. The molecule has 1 aliphatic heterocycles. The Labute approximate surface area is 90.8 Å². The van der Waals surface area contributed by atoms with Crippen molar-refractivity contribution in [3.63, 3.8) is 0 Å². The zero-order valence-electron chi connectivity index (χ0n) is 9.10. The first-order valence-corrected chi connectivity index (χ1v) is 5.49. The van der Waals surface area contributed by atoms with Gasteiger partial charge in [-0.1, -0.05) is 30.3 Å². The third kappa shape index (κ3) is 2.37. The monoisotopic (exact) mass is 206 g/mol. The summed E-state index contributed by atoms with van der Waals surface area (Å²) in [5.74, 6) is 0. The van der Waals surface area contributed by atoms with Gasteiger partial charge in [-0.25, -0.2) is 0 Å². The summed E-state index contributed by atoms with van der Waals surface area (Å²) in [6.07, 6.45) is 1.09. The van der Waals surface area contributed by atoms with Crippen LogP contribution in [-0.2, 0) is 4.84 Å². The molecule has 15 heavy (non-hydrogen) atoms. The minimum atomic E-state index is 0.0745. The lowest BCUT2D eigenvalue weighted by molar-refractivity contribution is -0.147. The summed E-state index contributed by atoms with van der Waals surface area (Å²) in [6.45, 7) is 3.82. The van der Waals surface area contributed by atoms with Crippen molar-refractivity contribution in [1.82, 2.24) is 5.06 Å². The van der Waals surface area contributed by atoms with E-state index in [2.05, 4.69) is 12.1 Å². The topological polar surface area (TPSA) is 38.5 Å². The first-order valence-electron chi connectivity index (χ1n) is 5.49. The SMILES string of the molecule is CC(N)C(c1ccccc1)N1CCCO1. The Bertz CT molecular complexity index is 294. The van der Waals surface area contributed by atoms with Crippen LogP contribution in [0.2, 0.25) is 0 Å². The largest absolute Gasteiger partial charge is 0.326 e. The van der Waals surface area contributed by atoms with Gasteiger partial charge in [0.05, 0.1) is 12.6 Å². The van der Waals surface area contributed by atoms with Crippen molar-refractivity contribution in [2.45, 2.75) is 25.4 Å². The molecule has 1 aromatic rings. The number of hydroxylamine groups is 2. The van der Waals surface area contributed by atoms with Crippen molar-refractivity contribution in [3.05, 3.63) is 35.9 Å². The molecule has 82 valence electrons. The average molecular weight is 206 g/mol. The normalized spacial score (nSPS) is 21.5. The van der Waals surface area contributed by atoms with E-state index in [4.69, 9.17) is 10.6 Å². The highest BCUT2D eigenvalue weighted by Crippen LogP contribution is 2.26. The molecule has 2 unspecified atom stereocenters. The summed E-state index contributed by atoms with van der Waals surface area (Å²) >= 11 is 0. The summed E-state index contributed by atoms with van der Waals surface area (Å²) in [6, 6.07) is 10.6. The third-order valence-electron chi connectivity index (χ3n) is 2.73. The lowest BCUT2D eigenvalue weighted by Gasteiger charge is -2.29. The summed E-state index contributed by atoms with van der Waals surface area (Å²) in [7, 11) is 0. The molecule has 1 aliphatic rings. The van der Waals surface area contributed by atoms with Gasteiger partial charge in [0.25, 0.3) is 0 Å². The molecule has 0 bridgehead atoms. The maximum atomic E-state index is 6.03. The molecule has 1 heterocycles. The molecule has 3 nitrogen and oxygen atoms in total. The van der Waals surface area contributed by atoms with E-state index >= 15 is 0 Å². The van der Waals surface area contributed by atoms with Gasteiger partial charge in [-0.15, -0.1) is 0 Å². The van der Waals surface area contributed by atoms with Gasteiger partial charge in [-0.05, 0) is 18.9 Å². The molecule has 3 heteroatoms. The summed E-state index contributed by atoms with van der Waals surface area (Å²) in [4.78, 5) is 5.58. The molecule has 1 saturated heterocycles. The quantitative estimate of drug-likeness (QED) is 0.818. The zero-order chi connectivity index (χ0) is 10.7. The fourth-order valence-corrected chi connectivity index (χ4v) is 2.07. The van der Waals surface area contributed by atoms with E-state index in [-0.39, 0.29) is 12.1 Å². The van der Waals surface area contributed by atoms with Gasteiger partial charge in [-0.2, -0.15) is 5.06 Å². The van der Waals surface area contributed by atoms with Crippen molar-refractivity contribution >= 4 is 0 Å². The van der Waals surface area contributed by atoms with Crippen molar-refractivity contribution in [3.8, 4) is 0 Å². The van der Waals surface area contributed by atoms with Crippen LogP contribution in [-0.4, -0.2) is 24.3 Å². The molecule has 0 radical (unpaired) electrons. The number of hydrogen-bond acceptors (Lipinski definition) is 3. The first-order chi connectivity index (χ1) is 7.29. The predicted molar refractivity (Wildman–Crippen MR) is 60.1 cm³/mol. The van der Waals surface area contributed by atoms with E-state index in [1.807, 2.05) is 30.2 Å². The summed E-state index contributed by atoms with van der Waals surface area (Å²) < 4.78 is 0. The lowest BCUT2D eigenvalue weighted by atomic mass is 10.0. The highest BCUT2D eigenvalue weighted by molar-refractivity contribution is 5.20. The predicted octanol–water partition coefficient (Wildman–Crippen LogP) is 1.71. The molecule has 2 N–H and O–H groups in total. The molecule has 0 saturated carbocycles. The Balaban J connectivity index is 2.19. The fraction of sp³-hybridized carbons (Fsp3) is 0.500. The maximum Gasteiger partial charge on any atom is 0.0750 e. The van der Waals surface area contributed by atoms with Crippen LogP contribution < -0.4 is 5.73 Å². The minimum absolute atomic E-state index is 0.0745. The molecular weight excluding hydrogens is 188 g/mol. The molecular formula is C12H18N2O. The Morgan fingerprint density at radius 3 is 2.60 bits per heavy atom. The molecule has 2 atom stereocenters. The molecule has 0 spiro atoms. The lowest BCUT2D eigenvalue weighted by Crippen LogP contribution is -2.37. The Morgan fingerprint density at radius 2 is 2.07 bits per heavy atom. The number of nitrogens with two attached hydrogens (primary N) is 1. The molecule has 0 aliphatic carbocycles. The van der Waals surface area contributed by atoms with E-state index in [0.29, 0.717) is 0 Å². The zero-order valence-corrected chi connectivity index (χ0v) is 9.10. The van der Waals surface area contributed by atoms with Gasteiger partial charge in [0.1, 0.15) is 0 Å². The number of benzene rings is 1. The summed E-state index contributed by atoms with van der Waals surface area (Å²) in [5.41, 5.74) is 7.26. The molecule has 2 rings (SSSR count). The van der Waals surface area contributed by atoms with Crippen LogP contribution in [0.15, 0.2) is 30.3 Å². The molecule has 1 fully saturated rings. The second-order valence-electron chi connectivity index (χ2n) is 4.04. The Kier molecular flexibility index (Phi) is 3.36. The average Bonchev–Trinajstić information content (AvgIpc) is 2.72. The van der Waals surface area contributed by atoms with Gasteiger partial charge in [0.2, 0.25) is 0 Å². The second-order valence-corrected chi connectivity index (χ2v) is 4.04. The van der Waals surface area contributed by atoms with Gasteiger partial charge >= 0.3 is 0 Å². The van der Waals surface area contributed by atoms with Crippen molar-refractivity contribution < 1.29 is 4.84 Å². The summed E-state index contributed by atoms with van der Waals surface area (Å²) in [5, 5.41) is 2.01. The van der Waals surface area contributed by atoms with E-state index in [9.17, 15) is 0 Å². The Morgan fingerprint density at radius 1 is 1.33 bits per heavy atom. The standard InChI is InChI=1S/C12H18N2O/c1-10(13)12(14-8-5-9-15-14)11-6-3-2-4-7-11/h2-4,6-7,10,12H,5,8-9,13H2,1H3. The highest BCUT2D eigenvalue weighted by atomic mass is 16.7. The van der Waals surface area contributed by atoms with Gasteiger partial charge in [0, 0.05) is 12.6 Å². The second kappa shape index (κ2) is 4.75. The van der Waals surface area contributed by atoms with Gasteiger partial charge in [0.15, 0.2) is 0 Å². The van der Waals surface area contributed by atoms with Crippen LogP contribution in [0.4, 0.5) is 0 Å². The van der Waals surface area contributed by atoms with E-state index in [1.165, 1.54) is 5.56 Å². The number of hydrogen-bond donors (Lipinski definition) is 1. The maximum absolute atomic E-state index is 6.03. The van der Waals surface area contributed by atoms with Crippen molar-refractivity contribution in [2.75, 3.05) is 13.2 Å². The number of rotatable bonds is 3. The van der Waals surface area contributed by atoms with Crippen LogP contribution in [0, 0.1) is 0 Å². The molecule has 1 aromatic carbocycles. The fourth-order valence-electron chi connectivity index (χ4n) is 2.07. The van der Waals surface area contributed by atoms with E-state index < -0.39 is 0 Å². The molecule has 0 amide bonds. The smallest absolute Gasteiger partial charge is 0.0750 e. The van der Waals surface area contributed by atoms with Crippen LogP contribution in [0.3, 0.4) is 0 Å². The van der Waals surface area contributed by atoms with E-state index in [0.717, 1.165) is 19.6 Å². The van der Waals surface area contributed by atoms with Crippen molar-refractivity contribution in [2.24, 2.45) is 5.73 Å². The first kappa shape index (κ1) is 10.6. The van der Waals surface area contributed by atoms with Crippen molar-refractivity contribution in [1.29, 1.82) is 0 Å². The van der Waals surface area contributed by atoms with Crippen LogP contribution in [0.1, 0.15) is 24.9 Å². The van der Waals surface area contributed by atoms with Crippen LogP contribution >= 0.6 is 0 Å².